The third-order valence-corrected chi connectivity index (χ3v) is 5.46. The zero-order valence-corrected chi connectivity index (χ0v) is 16.5. The topological polar surface area (TPSA) is 84.6 Å². The van der Waals surface area contributed by atoms with Gasteiger partial charge in [-0.05, 0) is 55.9 Å². The maximum absolute atomic E-state index is 11.9. The minimum absolute atomic E-state index is 0.0462. The summed E-state index contributed by atoms with van der Waals surface area (Å²) in [6, 6.07) is 13.6. The highest BCUT2D eigenvalue weighted by molar-refractivity contribution is 5.83. The highest BCUT2D eigenvalue weighted by Gasteiger charge is 2.31. The lowest BCUT2D eigenvalue weighted by Crippen LogP contribution is -2.42. The summed E-state index contributed by atoms with van der Waals surface area (Å²) < 4.78 is 5.85. The fourth-order valence-corrected chi connectivity index (χ4v) is 3.74. The molecule has 0 atom stereocenters. The van der Waals surface area contributed by atoms with Gasteiger partial charge < -0.3 is 14.5 Å². The first-order chi connectivity index (χ1) is 14.0. The van der Waals surface area contributed by atoms with Crippen LogP contribution in [0.5, 0.6) is 11.6 Å². The predicted octanol–water partition coefficient (Wildman–Crippen LogP) is 3.86. The molecule has 150 valence electrons. The molecular formula is C21H23N5O3. The molecule has 8 heteroatoms. The van der Waals surface area contributed by atoms with Crippen molar-refractivity contribution in [2.45, 2.75) is 18.9 Å². The van der Waals surface area contributed by atoms with Crippen LogP contribution in [0.4, 0.5) is 11.5 Å². The number of rotatable bonds is 5. The molecule has 0 amide bonds. The Kier molecular flexibility index (Phi) is 5.26. The van der Waals surface area contributed by atoms with Gasteiger partial charge in [-0.25, -0.2) is 4.98 Å². The third kappa shape index (κ3) is 3.97. The Hall–Kier alpha value is -3.26. The van der Waals surface area contributed by atoms with Gasteiger partial charge in [-0.2, -0.15) is 4.98 Å². The monoisotopic (exact) mass is 393 g/mol. The van der Waals surface area contributed by atoms with Crippen molar-refractivity contribution >= 4 is 22.3 Å². The van der Waals surface area contributed by atoms with E-state index >= 15 is 0 Å². The maximum atomic E-state index is 11.9. The molecule has 1 aromatic heterocycles. The van der Waals surface area contributed by atoms with Crippen LogP contribution >= 0.6 is 0 Å². The Labute approximate surface area is 168 Å². The molecule has 0 radical (unpaired) electrons. The van der Waals surface area contributed by atoms with Gasteiger partial charge in [0.15, 0.2) is 0 Å². The molecule has 0 bridgehead atoms. The number of fused-ring (bicyclic) bond motifs is 1. The van der Waals surface area contributed by atoms with Gasteiger partial charge >= 0.3 is 11.6 Å². The summed E-state index contributed by atoms with van der Waals surface area (Å²) >= 11 is 0. The summed E-state index contributed by atoms with van der Waals surface area (Å²) in [5.41, 5.74) is -0.206. The Morgan fingerprint density at radius 2 is 1.86 bits per heavy atom. The number of nitro groups is 1. The molecule has 3 aromatic rings. The van der Waals surface area contributed by atoms with E-state index in [4.69, 9.17) is 4.74 Å². The van der Waals surface area contributed by atoms with Gasteiger partial charge in [-0.15, -0.1) is 0 Å². The Morgan fingerprint density at radius 3 is 2.59 bits per heavy atom. The number of benzene rings is 2. The number of anilines is 1. The van der Waals surface area contributed by atoms with E-state index in [0.29, 0.717) is 5.75 Å². The van der Waals surface area contributed by atoms with Gasteiger partial charge in [0.2, 0.25) is 5.82 Å². The molecule has 0 unspecified atom stereocenters. The molecule has 0 N–H and O–H groups in total. The number of aromatic nitrogens is 2. The number of piperidine rings is 1. The van der Waals surface area contributed by atoms with Crippen LogP contribution in [0.3, 0.4) is 0 Å². The summed E-state index contributed by atoms with van der Waals surface area (Å²) in [6.07, 6.45) is 3.17. The van der Waals surface area contributed by atoms with Gasteiger partial charge in [0.25, 0.3) is 0 Å². The summed E-state index contributed by atoms with van der Waals surface area (Å²) in [5.74, 6) is 0.740. The van der Waals surface area contributed by atoms with Gasteiger partial charge in [0, 0.05) is 13.1 Å². The van der Waals surface area contributed by atoms with Crippen molar-refractivity contribution < 1.29 is 9.66 Å². The summed E-state index contributed by atoms with van der Waals surface area (Å²) in [6.45, 7) is 1.91. The summed E-state index contributed by atoms with van der Waals surface area (Å²) in [5, 5.41) is 14.0. The summed E-state index contributed by atoms with van der Waals surface area (Å²) in [4.78, 5) is 23.9. The normalized spacial score (nSPS) is 15.4. The number of nitrogens with zero attached hydrogens (tertiary/aromatic N) is 5. The van der Waals surface area contributed by atoms with Gasteiger partial charge in [0.1, 0.15) is 12.1 Å². The minimum atomic E-state index is -0.461. The lowest BCUT2D eigenvalue weighted by molar-refractivity contribution is -0.385. The van der Waals surface area contributed by atoms with Crippen molar-refractivity contribution in [2.24, 2.45) is 0 Å². The molecule has 2 aromatic carbocycles. The molecule has 0 aliphatic carbocycles. The van der Waals surface area contributed by atoms with Crippen LogP contribution in [0, 0.1) is 10.1 Å². The lowest BCUT2D eigenvalue weighted by Gasteiger charge is -2.35. The number of ether oxygens (including phenoxy) is 1. The van der Waals surface area contributed by atoms with Gasteiger partial charge in [0.05, 0.1) is 4.92 Å². The second-order valence-corrected chi connectivity index (χ2v) is 7.36. The number of hydrogen-bond acceptors (Lipinski definition) is 7. The Bertz CT molecular complexity index is 1030. The first kappa shape index (κ1) is 19.1. The SMILES string of the molecule is CN1CCC(N(C)c2ncnc(Oc3ccc4ccccc4c3)c2[N+](=O)[O-])CC1. The molecule has 8 nitrogen and oxygen atoms in total. The quantitative estimate of drug-likeness (QED) is 0.481. The van der Waals surface area contributed by atoms with E-state index in [1.807, 2.05) is 48.3 Å². The van der Waals surface area contributed by atoms with E-state index < -0.39 is 4.92 Å². The van der Waals surface area contributed by atoms with Gasteiger partial charge in [-0.1, -0.05) is 30.3 Å². The standard InChI is InChI=1S/C21H23N5O3/c1-24-11-9-17(10-12-24)25(2)20-19(26(27)28)21(23-14-22-20)29-18-8-7-15-5-3-4-6-16(15)13-18/h3-8,13-14,17H,9-12H2,1-2H3. The number of likely N-dealkylation sites (tertiary alicyclic amines) is 1. The second-order valence-electron chi connectivity index (χ2n) is 7.36. The molecule has 1 fully saturated rings. The molecule has 1 aliphatic rings. The van der Waals surface area contributed by atoms with Crippen LogP contribution in [-0.4, -0.2) is 53.0 Å². The van der Waals surface area contributed by atoms with E-state index in [0.717, 1.165) is 36.7 Å². The van der Waals surface area contributed by atoms with Crippen molar-refractivity contribution in [2.75, 3.05) is 32.1 Å². The molecule has 4 rings (SSSR count). The third-order valence-electron chi connectivity index (χ3n) is 5.46. The van der Waals surface area contributed by atoms with Crippen LogP contribution in [-0.2, 0) is 0 Å². The zero-order chi connectivity index (χ0) is 20.4. The molecule has 1 aliphatic heterocycles. The molecule has 0 saturated carbocycles. The van der Waals surface area contributed by atoms with Crippen LogP contribution in [0.15, 0.2) is 48.8 Å². The molecular weight excluding hydrogens is 370 g/mol. The van der Waals surface area contributed by atoms with Crippen LogP contribution < -0.4 is 9.64 Å². The van der Waals surface area contributed by atoms with Crippen LogP contribution in [0.2, 0.25) is 0 Å². The minimum Gasteiger partial charge on any atom is -0.434 e. The smallest absolute Gasteiger partial charge is 0.373 e. The molecule has 29 heavy (non-hydrogen) atoms. The first-order valence-electron chi connectivity index (χ1n) is 9.60. The average Bonchev–Trinajstić information content (AvgIpc) is 2.73. The number of hydrogen-bond donors (Lipinski definition) is 0. The zero-order valence-electron chi connectivity index (χ0n) is 16.5. The van der Waals surface area contributed by atoms with E-state index in [-0.39, 0.29) is 23.4 Å². The highest BCUT2D eigenvalue weighted by Crippen LogP contribution is 2.37. The fraction of sp³-hybridized carbons (Fsp3) is 0.333. The van der Waals surface area contributed by atoms with Crippen molar-refractivity contribution in [3.05, 3.63) is 58.9 Å². The maximum Gasteiger partial charge on any atom is 0.373 e. The van der Waals surface area contributed by atoms with Gasteiger partial charge in [-0.3, -0.25) is 10.1 Å². The first-order valence-corrected chi connectivity index (χ1v) is 9.60. The Balaban J connectivity index is 1.66. The highest BCUT2D eigenvalue weighted by atomic mass is 16.6. The molecule has 2 heterocycles. The van der Waals surface area contributed by atoms with Crippen molar-refractivity contribution in [1.29, 1.82) is 0 Å². The second kappa shape index (κ2) is 8.00. The average molecular weight is 393 g/mol. The predicted molar refractivity (Wildman–Crippen MR) is 112 cm³/mol. The fourth-order valence-electron chi connectivity index (χ4n) is 3.74. The van der Waals surface area contributed by atoms with E-state index in [1.54, 1.807) is 6.07 Å². The van der Waals surface area contributed by atoms with Crippen LogP contribution in [0.25, 0.3) is 10.8 Å². The largest absolute Gasteiger partial charge is 0.434 e. The summed E-state index contributed by atoms with van der Waals surface area (Å²) in [7, 11) is 3.93. The van der Waals surface area contributed by atoms with Crippen molar-refractivity contribution in [3.63, 3.8) is 0 Å². The van der Waals surface area contributed by atoms with E-state index in [2.05, 4.69) is 21.9 Å². The molecule has 0 spiro atoms. The van der Waals surface area contributed by atoms with Crippen molar-refractivity contribution in [1.82, 2.24) is 14.9 Å². The molecule has 1 saturated heterocycles. The van der Waals surface area contributed by atoms with Crippen molar-refractivity contribution in [3.8, 4) is 11.6 Å². The Morgan fingerprint density at radius 1 is 1.14 bits per heavy atom. The van der Waals surface area contributed by atoms with E-state index in [9.17, 15) is 10.1 Å². The van der Waals surface area contributed by atoms with Crippen LogP contribution in [0.1, 0.15) is 12.8 Å². The lowest BCUT2D eigenvalue weighted by atomic mass is 10.0. The van der Waals surface area contributed by atoms with E-state index in [1.165, 1.54) is 6.33 Å².